The zero-order chi connectivity index (χ0) is 13.1. The van der Waals surface area contributed by atoms with Gasteiger partial charge in [-0.15, -0.1) is 0 Å². The third kappa shape index (κ3) is 2.66. The molecule has 18 heavy (non-hydrogen) atoms. The first kappa shape index (κ1) is 12.5. The van der Waals surface area contributed by atoms with Crippen LogP contribution in [0.5, 0.6) is 0 Å². The van der Waals surface area contributed by atoms with Crippen molar-refractivity contribution in [2.24, 2.45) is 11.5 Å². The van der Waals surface area contributed by atoms with E-state index < -0.39 is 0 Å². The van der Waals surface area contributed by atoms with Gasteiger partial charge in [-0.05, 0) is 52.3 Å². The summed E-state index contributed by atoms with van der Waals surface area (Å²) in [6, 6.07) is 7.72. The quantitative estimate of drug-likeness (QED) is 0.270. The van der Waals surface area contributed by atoms with Crippen molar-refractivity contribution in [3.05, 3.63) is 40.6 Å². The monoisotopic (exact) mass is 277 g/mol. The molecule has 0 aliphatic carbocycles. The molecule has 0 aliphatic heterocycles. The lowest BCUT2D eigenvalue weighted by molar-refractivity contribution is -0.313. The van der Waals surface area contributed by atoms with Gasteiger partial charge in [0, 0.05) is 5.69 Å². The highest BCUT2D eigenvalue weighted by atomic mass is 32.1. The van der Waals surface area contributed by atoms with Gasteiger partial charge in [-0.25, -0.2) is 4.99 Å². The van der Waals surface area contributed by atoms with Gasteiger partial charge in [0.2, 0.25) is 5.84 Å². The highest BCUT2D eigenvalue weighted by Gasteiger charge is 2.10. The van der Waals surface area contributed by atoms with E-state index in [0.717, 1.165) is 11.1 Å². The molecular weight excluding hydrogens is 264 g/mol. The number of nitrogen functional groups attached to an aromatic ring is 2. The summed E-state index contributed by atoms with van der Waals surface area (Å²) in [5.74, 6) is 0.358. The standard InChI is InChI=1S/C12H12N4S2/c13-10-2-1-7(8-3-4-18-6-8)5-9(10)11(14)16-12(15)17/h1-6H,13H2,(H4,14,15,16,17)/p+1. The number of thiocarbonyl (C=S) groups is 1. The number of hydrogen-bond donors (Lipinski definition) is 4. The van der Waals surface area contributed by atoms with Crippen molar-refractivity contribution in [2.75, 3.05) is 5.73 Å². The molecule has 2 rings (SSSR count). The molecule has 0 atom stereocenters. The maximum Gasteiger partial charge on any atom is 0.285 e. The molecule has 0 amide bonds. The van der Waals surface area contributed by atoms with Gasteiger partial charge in [-0.1, -0.05) is 6.07 Å². The van der Waals surface area contributed by atoms with Crippen LogP contribution >= 0.6 is 23.6 Å². The SMILES string of the molecule is NC(=S)/[NH+]=C(\N)c1cc(-c2ccsc2)ccc1N. The molecule has 0 fully saturated rings. The molecule has 0 saturated carbocycles. The maximum atomic E-state index is 5.90. The zero-order valence-electron chi connectivity index (χ0n) is 9.51. The lowest BCUT2D eigenvalue weighted by Crippen LogP contribution is -2.81. The van der Waals surface area contributed by atoms with E-state index in [4.69, 9.17) is 29.4 Å². The molecule has 7 N–H and O–H groups in total. The summed E-state index contributed by atoms with van der Waals surface area (Å²) >= 11 is 6.39. The normalized spacial score (nSPS) is 11.4. The van der Waals surface area contributed by atoms with Crippen LogP contribution < -0.4 is 22.2 Å². The second-order valence-corrected chi connectivity index (χ2v) is 4.94. The van der Waals surface area contributed by atoms with Gasteiger partial charge in [0.1, 0.15) is 0 Å². The van der Waals surface area contributed by atoms with Gasteiger partial charge in [0.15, 0.2) is 0 Å². The lowest BCUT2D eigenvalue weighted by atomic mass is 10.0. The molecule has 0 unspecified atom stereocenters. The number of benzene rings is 1. The topological polar surface area (TPSA) is 92.0 Å². The average Bonchev–Trinajstić information content (AvgIpc) is 2.82. The minimum absolute atomic E-state index is 0.118. The Morgan fingerprint density at radius 3 is 2.56 bits per heavy atom. The number of thiophene rings is 1. The third-order valence-electron chi connectivity index (χ3n) is 2.46. The fourth-order valence-corrected chi connectivity index (χ4v) is 2.37. The number of nitrogens with one attached hydrogen (secondary N) is 1. The van der Waals surface area contributed by atoms with Crippen molar-refractivity contribution in [1.82, 2.24) is 0 Å². The molecule has 6 heteroatoms. The van der Waals surface area contributed by atoms with Gasteiger partial charge in [-0.3, -0.25) is 0 Å². The molecule has 2 aromatic rings. The van der Waals surface area contributed by atoms with Crippen molar-refractivity contribution in [1.29, 1.82) is 0 Å². The van der Waals surface area contributed by atoms with Gasteiger partial charge in [0.05, 0.1) is 5.56 Å². The summed E-state index contributed by atoms with van der Waals surface area (Å²) in [6.07, 6.45) is 0. The molecule has 1 heterocycles. The van der Waals surface area contributed by atoms with E-state index in [2.05, 4.69) is 10.4 Å². The Hall–Kier alpha value is -1.92. The minimum atomic E-state index is 0.118. The molecule has 0 saturated heterocycles. The Balaban J connectivity index is 2.48. The van der Waals surface area contributed by atoms with Crippen LogP contribution in [0.3, 0.4) is 0 Å². The number of nitrogens with two attached hydrogens (primary N) is 3. The predicted octanol–water partition coefficient (Wildman–Crippen LogP) is 0.0268. The Morgan fingerprint density at radius 2 is 1.94 bits per heavy atom. The van der Waals surface area contributed by atoms with E-state index in [9.17, 15) is 0 Å². The van der Waals surface area contributed by atoms with Gasteiger partial charge in [-0.2, -0.15) is 11.3 Å². The Morgan fingerprint density at radius 1 is 1.17 bits per heavy atom. The van der Waals surface area contributed by atoms with Gasteiger partial charge >= 0.3 is 0 Å². The fraction of sp³-hybridized carbons (Fsp3) is 0. The molecule has 1 aromatic heterocycles. The van der Waals surface area contributed by atoms with Crippen molar-refractivity contribution in [3.63, 3.8) is 0 Å². The first-order valence-electron chi connectivity index (χ1n) is 5.19. The molecule has 1 aromatic carbocycles. The van der Waals surface area contributed by atoms with E-state index in [1.807, 2.05) is 29.6 Å². The first-order chi connectivity index (χ1) is 8.58. The Bertz CT molecular complexity index is 603. The molecule has 0 spiro atoms. The third-order valence-corrected chi connectivity index (χ3v) is 3.24. The summed E-state index contributed by atoms with van der Waals surface area (Å²) in [6.45, 7) is 0. The first-order valence-corrected chi connectivity index (χ1v) is 6.54. The van der Waals surface area contributed by atoms with Crippen LogP contribution in [-0.4, -0.2) is 10.9 Å². The Labute approximate surface area is 114 Å². The highest BCUT2D eigenvalue weighted by molar-refractivity contribution is 7.79. The van der Waals surface area contributed by atoms with Crippen molar-refractivity contribution < 1.29 is 4.99 Å². The Kier molecular flexibility index (Phi) is 3.59. The predicted molar refractivity (Wildman–Crippen MR) is 80.2 cm³/mol. The van der Waals surface area contributed by atoms with Crippen LogP contribution in [0.25, 0.3) is 11.1 Å². The van der Waals surface area contributed by atoms with Crippen LogP contribution in [-0.2, 0) is 0 Å². The molecule has 0 aliphatic rings. The smallest absolute Gasteiger partial charge is 0.285 e. The van der Waals surface area contributed by atoms with Crippen molar-refractivity contribution >= 4 is 40.2 Å². The molecule has 92 valence electrons. The number of rotatable bonds is 2. The minimum Gasteiger partial charge on any atom is -0.398 e. The van der Waals surface area contributed by atoms with Crippen LogP contribution in [0.4, 0.5) is 5.69 Å². The van der Waals surface area contributed by atoms with Crippen LogP contribution in [0.15, 0.2) is 35.0 Å². The maximum absolute atomic E-state index is 5.90. The summed E-state index contributed by atoms with van der Waals surface area (Å²) in [5, 5.41) is 4.20. The second-order valence-electron chi connectivity index (χ2n) is 3.72. The van der Waals surface area contributed by atoms with E-state index in [1.165, 1.54) is 0 Å². The largest absolute Gasteiger partial charge is 0.398 e. The van der Waals surface area contributed by atoms with E-state index >= 15 is 0 Å². The lowest BCUT2D eigenvalue weighted by Gasteiger charge is -2.05. The van der Waals surface area contributed by atoms with E-state index in [0.29, 0.717) is 17.1 Å². The summed E-state index contributed by atoms with van der Waals surface area (Å²) in [4.78, 5) is 2.70. The molecule has 4 nitrogen and oxygen atoms in total. The average molecular weight is 277 g/mol. The molecule has 0 radical (unpaired) electrons. The number of hydrogen-bond acceptors (Lipinski definition) is 3. The summed E-state index contributed by atoms with van der Waals surface area (Å²) < 4.78 is 0. The number of amidine groups is 1. The van der Waals surface area contributed by atoms with Crippen LogP contribution in [0, 0.1) is 0 Å². The highest BCUT2D eigenvalue weighted by Crippen LogP contribution is 2.25. The number of anilines is 1. The fourth-order valence-electron chi connectivity index (χ4n) is 1.60. The molecule has 0 bridgehead atoms. The summed E-state index contributed by atoms with van der Waals surface area (Å²) in [7, 11) is 0. The zero-order valence-corrected chi connectivity index (χ0v) is 11.1. The van der Waals surface area contributed by atoms with Crippen molar-refractivity contribution in [2.45, 2.75) is 0 Å². The van der Waals surface area contributed by atoms with Gasteiger partial charge in [0.25, 0.3) is 5.11 Å². The molecular formula is C12H13N4S2+. The van der Waals surface area contributed by atoms with Crippen LogP contribution in [0.1, 0.15) is 5.56 Å². The summed E-state index contributed by atoms with van der Waals surface area (Å²) in [5.41, 5.74) is 20.6. The van der Waals surface area contributed by atoms with E-state index in [1.54, 1.807) is 11.3 Å². The van der Waals surface area contributed by atoms with E-state index in [-0.39, 0.29) is 5.11 Å². The second kappa shape index (κ2) is 5.16. The van der Waals surface area contributed by atoms with Crippen LogP contribution in [0.2, 0.25) is 0 Å². The van der Waals surface area contributed by atoms with Gasteiger partial charge < -0.3 is 17.2 Å². The van der Waals surface area contributed by atoms with Crippen molar-refractivity contribution in [3.8, 4) is 11.1 Å².